The Labute approximate surface area is 123 Å². The fourth-order valence-corrected chi connectivity index (χ4v) is 2.32. The van der Waals surface area contributed by atoms with Crippen LogP contribution in [0.25, 0.3) is 0 Å². The molecule has 0 unspecified atom stereocenters. The molecule has 0 radical (unpaired) electrons. The van der Waals surface area contributed by atoms with E-state index >= 15 is 0 Å². The van der Waals surface area contributed by atoms with Crippen LogP contribution in [0.2, 0.25) is 0 Å². The molecule has 2 aliphatic rings. The number of nitrogens with zero attached hydrogens (tertiary/aromatic N) is 1. The third-order valence-corrected chi connectivity index (χ3v) is 3.62. The monoisotopic (exact) mass is 289 g/mol. The van der Waals surface area contributed by atoms with Gasteiger partial charge in [0.1, 0.15) is 0 Å². The number of amides is 2. The van der Waals surface area contributed by atoms with E-state index in [9.17, 15) is 9.59 Å². The number of rotatable bonds is 3. The van der Waals surface area contributed by atoms with Gasteiger partial charge in [0.2, 0.25) is 0 Å². The summed E-state index contributed by atoms with van der Waals surface area (Å²) in [6.45, 7) is 2.90. The molecule has 0 spiro atoms. The highest BCUT2D eigenvalue weighted by atomic mass is 16.5. The van der Waals surface area contributed by atoms with Gasteiger partial charge in [-0.1, -0.05) is 12.1 Å². The van der Waals surface area contributed by atoms with E-state index < -0.39 is 11.8 Å². The molecule has 0 bridgehead atoms. The average Bonchev–Trinajstić information content (AvgIpc) is 3.32. The van der Waals surface area contributed by atoms with Gasteiger partial charge in [-0.25, -0.2) is 0 Å². The summed E-state index contributed by atoms with van der Waals surface area (Å²) in [6.07, 6.45) is 1.92. The predicted molar refractivity (Wildman–Crippen MR) is 79.3 cm³/mol. The summed E-state index contributed by atoms with van der Waals surface area (Å²) in [5.41, 5.74) is 1.59. The van der Waals surface area contributed by atoms with Crippen molar-refractivity contribution in [3.8, 4) is 0 Å². The summed E-state index contributed by atoms with van der Waals surface area (Å²) in [6, 6.07) is 7.70. The largest absolute Gasteiger partial charge is 0.378 e. The molecule has 1 saturated heterocycles. The van der Waals surface area contributed by atoms with Crippen molar-refractivity contribution >= 4 is 23.2 Å². The molecule has 6 heteroatoms. The van der Waals surface area contributed by atoms with E-state index in [2.05, 4.69) is 15.5 Å². The molecule has 0 atom stereocenters. The summed E-state index contributed by atoms with van der Waals surface area (Å²) in [5.74, 6) is -1.17. The van der Waals surface area contributed by atoms with E-state index in [1.165, 1.54) is 0 Å². The van der Waals surface area contributed by atoms with Gasteiger partial charge in [0.15, 0.2) is 0 Å². The fourth-order valence-electron chi connectivity index (χ4n) is 2.32. The Morgan fingerprint density at radius 3 is 2.52 bits per heavy atom. The minimum Gasteiger partial charge on any atom is -0.378 e. The summed E-state index contributed by atoms with van der Waals surface area (Å²) in [4.78, 5) is 25.8. The van der Waals surface area contributed by atoms with Gasteiger partial charge in [-0.3, -0.25) is 9.59 Å². The van der Waals surface area contributed by atoms with Crippen molar-refractivity contribution in [3.63, 3.8) is 0 Å². The minimum atomic E-state index is -0.609. The number of nitrogens with one attached hydrogen (secondary N) is 2. The van der Waals surface area contributed by atoms with Crippen molar-refractivity contribution in [1.82, 2.24) is 5.32 Å². The molecule has 2 fully saturated rings. The first-order chi connectivity index (χ1) is 10.2. The number of benzene rings is 1. The Morgan fingerprint density at radius 1 is 1.10 bits per heavy atom. The van der Waals surface area contributed by atoms with E-state index in [1.807, 2.05) is 24.3 Å². The molecule has 6 nitrogen and oxygen atoms in total. The maximum absolute atomic E-state index is 11.9. The molecule has 112 valence electrons. The Bertz CT molecular complexity index is 537. The van der Waals surface area contributed by atoms with Gasteiger partial charge in [-0.05, 0) is 25.0 Å². The summed E-state index contributed by atoms with van der Waals surface area (Å²) < 4.78 is 5.34. The lowest BCUT2D eigenvalue weighted by Crippen LogP contribution is -2.38. The van der Waals surface area contributed by atoms with Crippen molar-refractivity contribution in [2.75, 3.05) is 36.5 Å². The Hall–Kier alpha value is -2.08. The average molecular weight is 289 g/mol. The highest BCUT2D eigenvalue weighted by Crippen LogP contribution is 2.26. The highest BCUT2D eigenvalue weighted by molar-refractivity contribution is 6.40. The van der Waals surface area contributed by atoms with Gasteiger partial charge in [0.05, 0.1) is 24.6 Å². The fraction of sp³-hybridized carbons (Fsp3) is 0.467. The molecule has 1 aliphatic heterocycles. The van der Waals surface area contributed by atoms with Crippen LogP contribution >= 0.6 is 0 Å². The van der Waals surface area contributed by atoms with Crippen molar-refractivity contribution in [2.45, 2.75) is 18.9 Å². The number of carbonyl (C=O) groups excluding carboxylic acids is 2. The molecule has 1 aromatic rings. The molecule has 21 heavy (non-hydrogen) atoms. The molecule has 1 saturated carbocycles. The maximum Gasteiger partial charge on any atom is 0.313 e. The molecule has 2 amide bonds. The Morgan fingerprint density at radius 2 is 1.81 bits per heavy atom. The van der Waals surface area contributed by atoms with Crippen LogP contribution in [0, 0.1) is 0 Å². The maximum atomic E-state index is 11.9. The third-order valence-electron chi connectivity index (χ3n) is 3.62. The first-order valence-corrected chi connectivity index (χ1v) is 7.27. The van der Waals surface area contributed by atoms with Crippen LogP contribution in [-0.4, -0.2) is 44.2 Å². The van der Waals surface area contributed by atoms with Crippen LogP contribution in [0.4, 0.5) is 11.4 Å². The van der Waals surface area contributed by atoms with Gasteiger partial charge in [-0.2, -0.15) is 0 Å². The Kier molecular flexibility index (Phi) is 4.06. The topological polar surface area (TPSA) is 70.7 Å². The number of ether oxygens (including phenoxy) is 1. The van der Waals surface area contributed by atoms with Crippen molar-refractivity contribution in [3.05, 3.63) is 24.3 Å². The number of carbonyl (C=O) groups is 2. The molecular formula is C15H19N3O3. The van der Waals surface area contributed by atoms with Crippen molar-refractivity contribution in [1.29, 1.82) is 0 Å². The summed E-state index contributed by atoms with van der Waals surface area (Å²) in [5, 5.41) is 5.40. The number of hydrogen-bond donors (Lipinski definition) is 2. The van der Waals surface area contributed by atoms with Crippen LogP contribution in [0.5, 0.6) is 0 Å². The standard InChI is InChI=1S/C15H19N3O3/c19-14(16-11-5-6-11)15(20)17-12-3-1-2-4-13(12)18-7-9-21-10-8-18/h1-4,11H,5-10H2,(H,16,19)(H,17,20). The quantitative estimate of drug-likeness (QED) is 0.805. The Balaban J connectivity index is 1.69. The van der Waals surface area contributed by atoms with Crippen LogP contribution in [0.3, 0.4) is 0 Å². The van der Waals surface area contributed by atoms with Crippen LogP contribution < -0.4 is 15.5 Å². The van der Waals surface area contributed by atoms with E-state index in [4.69, 9.17) is 4.74 Å². The lowest BCUT2D eigenvalue weighted by molar-refractivity contribution is -0.136. The smallest absolute Gasteiger partial charge is 0.313 e. The van der Waals surface area contributed by atoms with E-state index in [-0.39, 0.29) is 6.04 Å². The minimum absolute atomic E-state index is 0.178. The van der Waals surface area contributed by atoms with Crippen molar-refractivity contribution in [2.24, 2.45) is 0 Å². The SMILES string of the molecule is O=C(Nc1ccccc1N1CCOCC1)C(=O)NC1CC1. The summed E-state index contributed by atoms with van der Waals surface area (Å²) in [7, 11) is 0. The van der Waals surface area contributed by atoms with E-state index in [0.29, 0.717) is 18.9 Å². The lowest BCUT2D eigenvalue weighted by Gasteiger charge is -2.30. The third kappa shape index (κ3) is 3.52. The van der Waals surface area contributed by atoms with E-state index in [1.54, 1.807) is 0 Å². The number of hydrogen-bond acceptors (Lipinski definition) is 4. The van der Waals surface area contributed by atoms with Crippen LogP contribution in [-0.2, 0) is 14.3 Å². The first-order valence-electron chi connectivity index (χ1n) is 7.27. The van der Waals surface area contributed by atoms with Crippen LogP contribution in [0.15, 0.2) is 24.3 Å². The summed E-state index contributed by atoms with van der Waals surface area (Å²) >= 11 is 0. The molecule has 0 aromatic heterocycles. The molecule has 1 aliphatic carbocycles. The van der Waals surface area contributed by atoms with Crippen molar-refractivity contribution < 1.29 is 14.3 Å². The second-order valence-corrected chi connectivity index (χ2v) is 5.32. The lowest BCUT2D eigenvalue weighted by atomic mass is 10.2. The van der Waals surface area contributed by atoms with E-state index in [0.717, 1.165) is 31.6 Å². The van der Waals surface area contributed by atoms with Gasteiger partial charge in [0, 0.05) is 19.1 Å². The number of para-hydroxylation sites is 2. The zero-order valence-corrected chi connectivity index (χ0v) is 11.8. The normalized spacial score (nSPS) is 18.2. The van der Waals surface area contributed by atoms with Gasteiger partial charge >= 0.3 is 11.8 Å². The van der Waals surface area contributed by atoms with Gasteiger partial charge in [-0.15, -0.1) is 0 Å². The van der Waals surface area contributed by atoms with Gasteiger partial charge in [0.25, 0.3) is 0 Å². The second kappa shape index (κ2) is 6.13. The van der Waals surface area contributed by atoms with Crippen LogP contribution in [0.1, 0.15) is 12.8 Å². The number of morpholine rings is 1. The zero-order chi connectivity index (χ0) is 14.7. The molecule has 1 heterocycles. The second-order valence-electron chi connectivity index (χ2n) is 5.32. The number of anilines is 2. The zero-order valence-electron chi connectivity index (χ0n) is 11.8. The first kappa shape index (κ1) is 13.9. The van der Waals surface area contributed by atoms with Gasteiger partial charge < -0.3 is 20.3 Å². The molecule has 2 N–H and O–H groups in total. The molecule has 1 aromatic carbocycles. The molecule has 3 rings (SSSR count). The highest BCUT2D eigenvalue weighted by Gasteiger charge is 2.27. The molecular weight excluding hydrogens is 270 g/mol. The predicted octanol–water partition coefficient (Wildman–Crippen LogP) is 0.740.